The Morgan fingerprint density at radius 1 is 1.36 bits per heavy atom. The Morgan fingerprint density at radius 3 is 2.86 bits per heavy atom. The molecule has 1 fully saturated rings. The fourth-order valence-electron chi connectivity index (χ4n) is 2.60. The molecule has 0 aliphatic carbocycles. The smallest absolute Gasteiger partial charge is 0.250 e. The number of hydrogen-bond acceptors (Lipinski definition) is 6. The van der Waals surface area contributed by atoms with Crippen LogP contribution in [0.4, 0.5) is 11.4 Å². The van der Waals surface area contributed by atoms with Gasteiger partial charge in [0.25, 0.3) is 0 Å². The highest BCUT2D eigenvalue weighted by Gasteiger charge is 2.18. The van der Waals surface area contributed by atoms with E-state index in [1.165, 1.54) is 26.3 Å². The first-order valence-electron chi connectivity index (χ1n) is 7.19. The summed E-state index contributed by atoms with van der Waals surface area (Å²) in [7, 11) is 1.50. The first-order chi connectivity index (χ1) is 10.8. The van der Waals surface area contributed by atoms with Gasteiger partial charge >= 0.3 is 0 Å². The van der Waals surface area contributed by atoms with E-state index >= 15 is 0 Å². The summed E-state index contributed by atoms with van der Waals surface area (Å²) in [5, 5.41) is 14.0. The molecule has 0 spiro atoms. The summed E-state index contributed by atoms with van der Waals surface area (Å²) in [5.74, 6) is -0.184. The number of tetrazole rings is 1. The zero-order valence-electron chi connectivity index (χ0n) is 12.4. The number of amides is 1. The molecule has 22 heavy (non-hydrogen) atoms. The molecule has 2 aromatic rings. The van der Waals surface area contributed by atoms with Crippen molar-refractivity contribution in [3.05, 3.63) is 24.5 Å². The van der Waals surface area contributed by atoms with Crippen molar-refractivity contribution in [3.8, 4) is 5.69 Å². The third kappa shape index (κ3) is 3.06. The number of benzene rings is 1. The fourth-order valence-corrected chi connectivity index (χ4v) is 2.60. The summed E-state index contributed by atoms with van der Waals surface area (Å²) in [4.78, 5) is 14.1. The van der Waals surface area contributed by atoms with Crippen molar-refractivity contribution in [2.45, 2.75) is 12.8 Å². The Balaban J connectivity index is 1.92. The standard InChI is InChI=1S/C14H18N6O2/c1-22-9-14(21)16-12-8-11(20-10-15-17-18-20)4-5-13(12)19-6-2-3-7-19/h4-5,8,10H,2-3,6-7,9H2,1H3,(H,16,21). The highest BCUT2D eigenvalue weighted by Crippen LogP contribution is 2.30. The van der Waals surface area contributed by atoms with Crippen molar-refractivity contribution in [2.24, 2.45) is 0 Å². The lowest BCUT2D eigenvalue weighted by Crippen LogP contribution is -2.23. The number of methoxy groups -OCH3 is 1. The lowest BCUT2D eigenvalue weighted by atomic mass is 10.2. The van der Waals surface area contributed by atoms with Gasteiger partial charge in [0.15, 0.2) is 0 Å². The van der Waals surface area contributed by atoms with Gasteiger partial charge in [-0.2, -0.15) is 0 Å². The molecule has 0 radical (unpaired) electrons. The van der Waals surface area contributed by atoms with Gasteiger partial charge in [0.1, 0.15) is 12.9 Å². The molecule has 2 heterocycles. The predicted octanol–water partition coefficient (Wildman–Crippen LogP) is 0.847. The van der Waals surface area contributed by atoms with Crippen molar-refractivity contribution >= 4 is 17.3 Å². The molecular weight excluding hydrogens is 284 g/mol. The molecule has 1 amide bonds. The average Bonchev–Trinajstić information content (AvgIpc) is 3.21. The summed E-state index contributed by atoms with van der Waals surface area (Å²) in [6.07, 6.45) is 3.85. The SMILES string of the molecule is COCC(=O)Nc1cc(-n2cnnn2)ccc1N1CCCC1. The number of hydrogen-bond donors (Lipinski definition) is 1. The van der Waals surface area contributed by atoms with Crippen LogP contribution in [0, 0.1) is 0 Å². The van der Waals surface area contributed by atoms with Gasteiger partial charge in [-0.1, -0.05) is 0 Å². The largest absolute Gasteiger partial charge is 0.375 e. The summed E-state index contributed by atoms with van der Waals surface area (Å²) in [6, 6.07) is 5.80. The Labute approximate surface area is 128 Å². The van der Waals surface area contributed by atoms with E-state index in [1.807, 2.05) is 18.2 Å². The molecule has 1 aliphatic rings. The van der Waals surface area contributed by atoms with Crippen LogP contribution in [0.2, 0.25) is 0 Å². The Hall–Kier alpha value is -2.48. The average molecular weight is 302 g/mol. The normalized spacial score (nSPS) is 14.3. The molecule has 1 N–H and O–H groups in total. The molecule has 116 valence electrons. The molecule has 1 aromatic carbocycles. The Bertz CT molecular complexity index is 637. The number of nitrogens with one attached hydrogen (secondary N) is 1. The van der Waals surface area contributed by atoms with Crippen molar-refractivity contribution < 1.29 is 9.53 Å². The van der Waals surface area contributed by atoms with Crippen molar-refractivity contribution in [1.82, 2.24) is 20.2 Å². The topological polar surface area (TPSA) is 85.2 Å². The Kier molecular flexibility index (Phi) is 4.29. The number of nitrogens with zero attached hydrogens (tertiary/aromatic N) is 5. The van der Waals surface area contributed by atoms with Gasteiger partial charge in [-0.3, -0.25) is 4.79 Å². The van der Waals surface area contributed by atoms with Crippen LogP contribution in [0.3, 0.4) is 0 Å². The zero-order chi connectivity index (χ0) is 15.4. The molecular formula is C14H18N6O2. The maximum atomic E-state index is 11.9. The monoisotopic (exact) mass is 302 g/mol. The van der Waals surface area contributed by atoms with Gasteiger partial charge in [-0.05, 0) is 41.5 Å². The van der Waals surface area contributed by atoms with Crippen LogP contribution < -0.4 is 10.2 Å². The molecule has 1 aliphatic heterocycles. The van der Waals surface area contributed by atoms with Crippen LogP contribution in [0.15, 0.2) is 24.5 Å². The lowest BCUT2D eigenvalue weighted by molar-refractivity contribution is -0.119. The molecule has 8 heteroatoms. The molecule has 3 rings (SSSR count). The van der Waals surface area contributed by atoms with Crippen LogP contribution >= 0.6 is 0 Å². The van der Waals surface area contributed by atoms with E-state index < -0.39 is 0 Å². The second kappa shape index (κ2) is 6.52. The first-order valence-corrected chi connectivity index (χ1v) is 7.19. The van der Waals surface area contributed by atoms with Crippen molar-refractivity contribution in [3.63, 3.8) is 0 Å². The van der Waals surface area contributed by atoms with Crippen LogP contribution in [0.5, 0.6) is 0 Å². The van der Waals surface area contributed by atoms with Gasteiger partial charge in [-0.15, -0.1) is 5.10 Å². The quantitative estimate of drug-likeness (QED) is 0.881. The molecule has 0 bridgehead atoms. The minimum Gasteiger partial charge on any atom is -0.375 e. The summed E-state index contributed by atoms with van der Waals surface area (Å²) >= 11 is 0. The van der Waals surface area contributed by atoms with E-state index in [4.69, 9.17) is 4.74 Å². The molecule has 0 saturated carbocycles. The van der Waals surface area contributed by atoms with Crippen LogP contribution in [-0.2, 0) is 9.53 Å². The molecule has 0 atom stereocenters. The summed E-state index contributed by atoms with van der Waals surface area (Å²) in [6.45, 7) is 2.02. The maximum absolute atomic E-state index is 11.9. The highest BCUT2D eigenvalue weighted by atomic mass is 16.5. The van der Waals surface area contributed by atoms with Crippen LogP contribution in [0.25, 0.3) is 5.69 Å². The highest BCUT2D eigenvalue weighted by molar-refractivity contribution is 5.95. The van der Waals surface area contributed by atoms with Crippen molar-refractivity contribution in [2.75, 3.05) is 37.0 Å². The number of anilines is 2. The maximum Gasteiger partial charge on any atom is 0.250 e. The zero-order valence-corrected chi connectivity index (χ0v) is 12.4. The first kappa shape index (κ1) is 14.5. The molecule has 8 nitrogen and oxygen atoms in total. The number of carbonyl (C=O) groups excluding carboxylic acids is 1. The summed E-state index contributed by atoms with van der Waals surface area (Å²) < 4.78 is 6.44. The summed E-state index contributed by atoms with van der Waals surface area (Å²) in [5.41, 5.74) is 2.55. The van der Waals surface area contributed by atoms with Gasteiger partial charge in [0, 0.05) is 20.2 Å². The fraction of sp³-hybridized carbons (Fsp3) is 0.429. The second-order valence-electron chi connectivity index (χ2n) is 5.13. The van der Waals surface area contributed by atoms with Crippen molar-refractivity contribution in [1.29, 1.82) is 0 Å². The minimum atomic E-state index is -0.184. The van der Waals surface area contributed by atoms with E-state index in [9.17, 15) is 4.79 Å². The third-order valence-corrected chi connectivity index (χ3v) is 3.59. The number of ether oxygens (including phenoxy) is 1. The number of rotatable bonds is 5. The van der Waals surface area contributed by atoms with E-state index in [1.54, 1.807) is 4.68 Å². The third-order valence-electron chi connectivity index (χ3n) is 3.59. The van der Waals surface area contributed by atoms with E-state index in [0.717, 1.165) is 30.2 Å². The number of aromatic nitrogens is 4. The minimum absolute atomic E-state index is 0.0224. The van der Waals surface area contributed by atoms with E-state index in [-0.39, 0.29) is 12.5 Å². The second-order valence-corrected chi connectivity index (χ2v) is 5.13. The van der Waals surface area contributed by atoms with E-state index in [0.29, 0.717) is 0 Å². The number of carbonyl (C=O) groups is 1. The molecule has 0 unspecified atom stereocenters. The van der Waals surface area contributed by atoms with Gasteiger partial charge in [0.2, 0.25) is 5.91 Å². The molecule has 1 saturated heterocycles. The van der Waals surface area contributed by atoms with Crippen LogP contribution in [-0.4, -0.2) is 52.9 Å². The predicted molar refractivity (Wildman–Crippen MR) is 81.1 cm³/mol. The van der Waals surface area contributed by atoms with Gasteiger partial charge in [-0.25, -0.2) is 4.68 Å². The van der Waals surface area contributed by atoms with Crippen LogP contribution in [0.1, 0.15) is 12.8 Å². The lowest BCUT2D eigenvalue weighted by Gasteiger charge is -2.22. The molecule has 1 aromatic heterocycles. The van der Waals surface area contributed by atoms with Gasteiger partial charge < -0.3 is 15.0 Å². The Morgan fingerprint density at radius 2 is 2.18 bits per heavy atom. The van der Waals surface area contributed by atoms with Gasteiger partial charge in [0.05, 0.1) is 17.1 Å². The van der Waals surface area contributed by atoms with E-state index in [2.05, 4.69) is 25.7 Å².